The molecule has 0 unspecified atom stereocenters. The van der Waals surface area contributed by atoms with E-state index in [0.717, 1.165) is 11.9 Å². The summed E-state index contributed by atoms with van der Waals surface area (Å²) >= 11 is 0. The van der Waals surface area contributed by atoms with E-state index in [2.05, 4.69) is 4.98 Å². The Kier molecular flexibility index (Phi) is 4.14. The minimum atomic E-state index is -1.05. The first-order chi connectivity index (χ1) is 9.47. The minimum absolute atomic E-state index is 0.123. The van der Waals surface area contributed by atoms with Crippen molar-refractivity contribution in [3.05, 3.63) is 53.4 Å². The zero-order valence-electron chi connectivity index (χ0n) is 11.4. The van der Waals surface area contributed by atoms with Gasteiger partial charge in [-0.05, 0) is 30.8 Å². The number of imidazole rings is 1. The van der Waals surface area contributed by atoms with Crippen LogP contribution in [0.2, 0.25) is 0 Å². The van der Waals surface area contributed by atoms with E-state index in [1.165, 1.54) is 12.1 Å². The molecule has 0 saturated carbocycles. The van der Waals surface area contributed by atoms with Crippen molar-refractivity contribution in [3.63, 3.8) is 0 Å². The summed E-state index contributed by atoms with van der Waals surface area (Å²) in [5, 5.41) is 9.11. The largest absolute Gasteiger partial charge is 0.478 e. The van der Waals surface area contributed by atoms with Crippen molar-refractivity contribution in [2.24, 2.45) is 7.05 Å². The van der Waals surface area contributed by atoms with Crippen LogP contribution in [0.15, 0.2) is 30.6 Å². The summed E-state index contributed by atoms with van der Waals surface area (Å²) in [5.41, 5.74) is 0.576. The van der Waals surface area contributed by atoms with E-state index in [1.807, 2.05) is 29.8 Å². The molecule has 0 saturated heterocycles. The average Bonchev–Trinajstić information content (AvgIpc) is 2.74. The normalized spacial score (nSPS) is 11.0. The molecule has 0 aliphatic carbocycles. The zero-order chi connectivity index (χ0) is 14.7. The van der Waals surface area contributed by atoms with Gasteiger partial charge in [0.05, 0.1) is 12.1 Å². The summed E-state index contributed by atoms with van der Waals surface area (Å²) in [4.78, 5) is 17.2. The number of halogens is 1. The third-order valence-corrected chi connectivity index (χ3v) is 3.07. The number of carbonyl (C=O) groups is 1. The van der Waals surface area contributed by atoms with Crippen LogP contribution < -0.4 is 0 Å². The average molecular weight is 277 g/mol. The SMILES string of the molecule is CN(Cc1cc(F)ccc1C(=O)O)Cc1nccn1C. The number of benzene rings is 1. The first-order valence-electron chi connectivity index (χ1n) is 6.14. The van der Waals surface area contributed by atoms with Gasteiger partial charge in [-0.15, -0.1) is 0 Å². The minimum Gasteiger partial charge on any atom is -0.478 e. The molecular weight excluding hydrogens is 261 g/mol. The van der Waals surface area contributed by atoms with Crippen LogP contribution >= 0.6 is 0 Å². The second-order valence-corrected chi connectivity index (χ2v) is 4.73. The van der Waals surface area contributed by atoms with Gasteiger partial charge < -0.3 is 9.67 Å². The predicted molar refractivity (Wildman–Crippen MR) is 71.7 cm³/mol. The molecule has 0 amide bonds. The third-order valence-electron chi connectivity index (χ3n) is 3.07. The summed E-state index contributed by atoms with van der Waals surface area (Å²) in [5.74, 6) is -0.624. The van der Waals surface area contributed by atoms with Crippen LogP contribution in [0.4, 0.5) is 4.39 Å². The highest BCUT2D eigenvalue weighted by atomic mass is 19.1. The summed E-state index contributed by atoms with van der Waals surface area (Å²) in [6.07, 6.45) is 3.54. The van der Waals surface area contributed by atoms with Gasteiger partial charge in [0, 0.05) is 26.0 Å². The van der Waals surface area contributed by atoms with Crippen LogP contribution in [-0.2, 0) is 20.1 Å². The maximum absolute atomic E-state index is 13.3. The first-order valence-corrected chi connectivity index (χ1v) is 6.14. The van der Waals surface area contributed by atoms with Crippen LogP contribution in [0.1, 0.15) is 21.7 Å². The van der Waals surface area contributed by atoms with Gasteiger partial charge in [-0.2, -0.15) is 0 Å². The molecule has 5 nitrogen and oxygen atoms in total. The Bertz CT molecular complexity index is 625. The molecule has 1 heterocycles. The van der Waals surface area contributed by atoms with Crippen molar-refractivity contribution in [1.29, 1.82) is 0 Å². The molecule has 0 spiro atoms. The first kappa shape index (κ1) is 14.2. The maximum Gasteiger partial charge on any atom is 0.336 e. The van der Waals surface area contributed by atoms with Crippen molar-refractivity contribution in [3.8, 4) is 0 Å². The smallest absolute Gasteiger partial charge is 0.336 e. The maximum atomic E-state index is 13.3. The number of aromatic carboxylic acids is 1. The van der Waals surface area contributed by atoms with Gasteiger partial charge in [0.15, 0.2) is 0 Å². The number of nitrogens with zero attached hydrogens (tertiary/aromatic N) is 3. The van der Waals surface area contributed by atoms with E-state index in [0.29, 0.717) is 18.7 Å². The quantitative estimate of drug-likeness (QED) is 0.906. The molecule has 1 aromatic heterocycles. The molecule has 0 radical (unpaired) electrons. The predicted octanol–water partition coefficient (Wildman–Crippen LogP) is 1.89. The van der Waals surface area contributed by atoms with E-state index in [9.17, 15) is 9.18 Å². The molecule has 0 fully saturated rings. The van der Waals surface area contributed by atoms with E-state index in [-0.39, 0.29) is 5.56 Å². The van der Waals surface area contributed by atoms with E-state index < -0.39 is 11.8 Å². The molecule has 106 valence electrons. The lowest BCUT2D eigenvalue weighted by Gasteiger charge is -2.17. The number of aryl methyl sites for hydroxylation is 1. The molecule has 0 aliphatic heterocycles. The van der Waals surface area contributed by atoms with Gasteiger partial charge in [-0.3, -0.25) is 4.90 Å². The number of carboxylic acids is 1. The van der Waals surface area contributed by atoms with Crippen molar-refractivity contribution < 1.29 is 14.3 Å². The molecule has 2 aromatic rings. The Labute approximate surface area is 116 Å². The monoisotopic (exact) mass is 277 g/mol. The summed E-state index contributed by atoms with van der Waals surface area (Å²) < 4.78 is 15.2. The molecule has 2 rings (SSSR count). The van der Waals surface area contributed by atoms with Gasteiger partial charge in [0.2, 0.25) is 0 Å². The second-order valence-electron chi connectivity index (χ2n) is 4.73. The summed E-state index contributed by atoms with van der Waals surface area (Å²) in [6.45, 7) is 0.894. The van der Waals surface area contributed by atoms with Crippen LogP contribution in [0.5, 0.6) is 0 Å². The van der Waals surface area contributed by atoms with Crippen LogP contribution in [0.25, 0.3) is 0 Å². The lowest BCUT2D eigenvalue weighted by atomic mass is 10.1. The van der Waals surface area contributed by atoms with Gasteiger partial charge >= 0.3 is 5.97 Å². The van der Waals surface area contributed by atoms with Crippen molar-refractivity contribution >= 4 is 5.97 Å². The van der Waals surface area contributed by atoms with E-state index in [4.69, 9.17) is 5.11 Å². The summed E-state index contributed by atoms with van der Waals surface area (Å²) in [7, 11) is 3.73. The lowest BCUT2D eigenvalue weighted by molar-refractivity contribution is 0.0694. The van der Waals surface area contributed by atoms with Crippen molar-refractivity contribution in [2.75, 3.05) is 7.05 Å². The highest BCUT2D eigenvalue weighted by molar-refractivity contribution is 5.89. The highest BCUT2D eigenvalue weighted by Crippen LogP contribution is 2.14. The van der Waals surface area contributed by atoms with Crippen molar-refractivity contribution in [1.82, 2.24) is 14.5 Å². The van der Waals surface area contributed by atoms with E-state index in [1.54, 1.807) is 6.20 Å². The number of aromatic nitrogens is 2. The van der Waals surface area contributed by atoms with Crippen molar-refractivity contribution in [2.45, 2.75) is 13.1 Å². The van der Waals surface area contributed by atoms with Crippen LogP contribution in [0, 0.1) is 5.82 Å². The number of hydrogen-bond acceptors (Lipinski definition) is 3. The Hall–Kier alpha value is -2.21. The lowest BCUT2D eigenvalue weighted by Crippen LogP contribution is -2.21. The molecule has 0 atom stereocenters. The Morgan fingerprint density at radius 2 is 2.20 bits per heavy atom. The van der Waals surface area contributed by atoms with Gasteiger partial charge in [0.1, 0.15) is 11.6 Å². The summed E-state index contributed by atoms with van der Waals surface area (Å²) in [6, 6.07) is 3.71. The number of rotatable bonds is 5. The molecule has 6 heteroatoms. The number of carboxylic acid groups (broad SMARTS) is 1. The molecule has 1 N–H and O–H groups in total. The second kappa shape index (κ2) is 5.83. The van der Waals surface area contributed by atoms with Crippen LogP contribution in [0.3, 0.4) is 0 Å². The fourth-order valence-corrected chi connectivity index (χ4v) is 2.04. The highest BCUT2D eigenvalue weighted by Gasteiger charge is 2.13. The zero-order valence-corrected chi connectivity index (χ0v) is 11.4. The fourth-order valence-electron chi connectivity index (χ4n) is 2.04. The van der Waals surface area contributed by atoms with E-state index >= 15 is 0 Å². The Morgan fingerprint density at radius 1 is 1.45 bits per heavy atom. The topological polar surface area (TPSA) is 58.4 Å². The number of hydrogen-bond donors (Lipinski definition) is 1. The Balaban J connectivity index is 2.15. The molecule has 1 aromatic carbocycles. The molecule has 20 heavy (non-hydrogen) atoms. The molecular formula is C14H16FN3O2. The molecule has 0 bridgehead atoms. The van der Waals surface area contributed by atoms with Crippen LogP contribution in [-0.4, -0.2) is 32.6 Å². The third kappa shape index (κ3) is 3.21. The van der Waals surface area contributed by atoms with Gasteiger partial charge in [0.25, 0.3) is 0 Å². The van der Waals surface area contributed by atoms with Gasteiger partial charge in [-0.1, -0.05) is 0 Å². The Morgan fingerprint density at radius 3 is 2.80 bits per heavy atom. The standard InChI is InChI=1S/C14H16FN3O2/c1-17(9-13-16-5-6-18(13)2)8-10-7-11(15)3-4-12(10)14(19)20/h3-7H,8-9H2,1-2H3,(H,19,20). The molecule has 0 aliphatic rings. The van der Waals surface area contributed by atoms with Gasteiger partial charge in [-0.25, -0.2) is 14.2 Å². The fraction of sp³-hybridized carbons (Fsp3) is 0.286.